The SMILES string of the molecule is N/N=C1\C(=O)Nc2ccc(S(=O)(=O)Cc3c(Cl)cccc3Cl)cc21. The van der Waals surface area contributed by atoms with E-state index >= 15 is 0 Å². The Hall–Kier alpha value is -2.09. The summed E-state index contributed by atoms with van der Waals surface area (Å²) in [6, 6.07) is 9.03. The van der Waals surface area contributed by atoms with Crippen LogP contribution in [-0.4, -0.2) is 20.0 Å². The highest BCUT2D eigenvalue weighted by Crippen LogP contribution is 2.31. The normalized spacial score (nSPS) is 15.4. The summed E-state index contributed by atoms with van der Waals surface area (Å²) in [4.78, 5) is 11.7. The molecule has 0 bridgehead atoms. The van der Waals surface area contributed by atoms with Gasteiger partial charge in [0.2, 0.25) is 0 Å². The van der Waals surface area contributed by atoms with Crippen molar-refractivity contribution in [2.45, 2.75) is 10.6 Å². The van der Waals surface area contributed by atoms with Crippen LogP contribution in [0.4, 0.5) is 5.69 Å². The second-order valence-electron chi connectivity index (χ2n) is 5.10. The number of fused-ring (bicyclic) bond motifs is 1. The van der Waals surface area contributed by atoms with Crippen LogP contribution in [0.1, 0.15) is 11.1 Å². The Kier molecular flexibility index (Phi) is 4.25. The van der Waals surface area contributed by atoms with Crippen LogP contribution in [0, 0.1) is 0 Å². The Balaban J connectivity index is 2.03. The maximum atomic E-state index is 12.7. The van der Waals surface area contributed by atoms with Gasteiger partial charge < -0.3 is 11.2 Å². The van der Waals surface area contributed by atoms with Gasteiger partial charge in [0.25, 0.3) is 5.91 Å². The number of halogens is 2. The Morgan fingerprint density at radius 2 is 1.79 bits per heavy atom. The maximum absolute atomic E-state index is 12.7. The molecule has 9 heteroatoms. The number of nitrogens with one attached hydrogen (secondary N) is 1. The van der Waals surface area contributed by atoms with Crippen LogP contribution < -0.4 is 11.2 Å². The summed E-state index contributed by atoms with van der Waals surface area (Å²) in [6.45, 7) is 0. The van der Waals surface area contributed by atoms with Gasteiger partial charge in [0.15, 0.2) is 15.5 Å². The smallest absolute Gasteiger partial charge is 0.276 e. The Bertz CT molecular complexity index is 967. The molecule has 0 radical (unpaired) electrons. The number of amides is 1. The molecule has 1 heterocycles. The lowest BCUT2D eigenvalue weighted by Gasteiger charge is -2.09. The summed E-state index contributed by atoms with van der Waals surface area (Å²) >= 11 is 12.1. The number of sulfone groups is 1. The minimum atomic E-state index is -3.73. The molecule has 6 nitrogen and oxygen atoms in total. The summed E-state index contributed by atoms with van der Waals surface area (Å²) in [7, 11) is -3.73. The second kappa shape index (κ2) is 6.08. The molecule has 124 valence electrons. The Morgan fingerprint density at radius 3 is 2.42 bits per heavy atom. The van der Waals surface area contributed by atoms with E-state index in [0.29, 0.717) is 16.8 Å². The van der Waals surface area contributed by atoms with Crippen molar-refractivity contribution in [3.63, 3.8) is 0 Å². The van der Waals surface area contributed by atoms with Crippen LogP contribution in [-0.2, 0) is 20.4 Å². The first-order valence-electron chi connectivity index (χ1n) is 6.73. The van der Waals surface area contributed by atoms with Crippen molar-refractivity contribution in [2.24, 2.45) is 10.9 Å². The molecule has 1 aliphatic heterocycles. The van der Waals surface area contributed by atoms with Gasteiger partial charge in [0.1, 0.15) is 0 Å². The third-order valence-corrected chi connectivity index (χ3v) is 5.94. The molecule has 0 fully saturated rings. The summed E-state index contributed by atoms with van der Waals surface area (Å²) in [5.74, 6) is 4.37. The van der Waals surface area contributed by atoms with Crippen LogP contribution in [0.25, 0.3) is 0 Å². The van der Waals surface area contributed by atoms with Gasteiger partial charge in [0, 0.05) is 21.2 Å². The number of hydrogen-bond donors (Lipinski definition) is 2. The van der Waals surface area contributed by atoms with Crippen LogP contribution in [0.5, 0.6) is 0 Å². The van der Waals surface area contributed by atoms with Crippen molar-refractivity contribution >= 4 is 50.3 Å². The van der Waals surface area contributed by atoms with Crippen LogP contribution in [0.15, 0.2) is 46.4 Å². The van der Waals surface area contributed by atoms with Crippen molar-refractivity contribution in [3.05, 3.63) is 57.6 Å². The number of rotatable bonds is 3. The first-order chi connectivity index (χ1) is 11.3. The summed E-state index contributed by atoms with van der Waals surface area (Å²) in [5.41, 5.74) is 1.11. The number of hydrogen-bond acceptors (Lipinski definition) is 5. The highest BCUT2D eigenvalue weighted by atomic mass is 35.5. The largest absolute Gasteiger partial charge is 0.322 e. The van der Waals surface area contributed by atoms with Crippen molar-refractivity contribution in [3.8, 4) is 0 Å². The molecule has 24 heavy (non-hydrogen) atoms. The Labute approximate surface area is 148 Å². The first-order valence-corrected chi connectivity index (χ1v) is 9.13. The van der Waals surface area contributed by atoms with Crippen LogP contribution in [0.2, 0.25) is 10.0 Å². The van der Waals surface area contributed by atoms with Gasteiger partial charge in [-0.15, -0.1) is 0 Å². The molecular weight excluding hydrogens is 373 g/mol. The fraction of sp³-hybridized carbons (Fsp3) is 0.0667. The topological polar surface area (TPSA) is 102 Å². The van der Waals surface area contributed by atoms with E-state index in [1.165, 1.54) is 18.2 Å². The number of carbonyl (C=O) groups is 1. The quantitative estimate of drug-likeness (QED) is 0.627. The van der Waals surface area contributed by atoms with Gasteiger partial charge in [-0.05, 0) is 30.3 Å². The molecule has 0 saturated heterocycles. The van der Waals surface area contributed by atoms with Crippen molar-refractivity contribution in [1.29, 1.82) is 0 Å². The third kappa shape index (κ3) is 2.86. The van der Waals surface area contributed by atoms with Crippen molar-refractivity contribution < 1.29 is 13.2 Å². The number of benzene rings is 2. The number of carbonyl (C=O) groups excluding carboxylic acids is 1. The van der Waals surface area contributed by atoms with Crippen molar-refractivity contribution in [2.75, 3.05) is 5.32 Å². The molecule has 3 rings (SSSR count). The van der Waals surface area contributed by atoms with Gasteiger partial charge >= 0.3 is 0 Å². The van der Waals surface area contributed by atoms with E-state index in [2.05, 4.69) is 10.4 Å². The van der Waals surface area contributed by atoms with Crippen LogP contribution >= 0.6 is 23.2 Å². The summed E-state index contributed by atoms with van der Waals surface area (Å²) in [6.07, 6.45) is 0. The molecule has 0 aliphatic carbocycles. The van der Waals surface area contributed by atoms with Gasteiger partial charge in [-0.1, -0.05) is 29.3 Å². The number of nitrogens with two attached hydrogens (primary N) is 1. The highest BCUT2D eigenvalue weighted by Gasteiger charge is 2.28. The molecular formula is C15H11Cl2N3O3S. The minimum absolute atomic E-state index is 0.0159. The average molecular weight is 384 g/mol. The molecule has 0 saturated carbocycles. The van der Waals surface area contributed by atoms with Gasteiger partial charge in [-0.25, -0.2) is 8.42 Å². The molecule has 0 aromatic heterocycles. The standard InChI is InChI=1S/C15H11Cl2N3O3S/c16-11-2-1-3-12(17)10(11)7-24(22,23)8-4-5-13-9(6-8)14(20-18)15(21)19-13/h1-6H,7,18H2,(H,19,20,21). The number of hydrazone groups is 1. The van der Waals surface area contributed by atoms with Crippen molar-refractivity contribution in [1.82, 2.24) is 0 Å². The fourth-order valence-electron chi connectivity index (χ4n) is 2.40. The molecule has 2 aromatic rings. The predicted molar refractivity (Wildman–Crippen MR) is 93.1 cm³/mol. The lowest BCUT2D eigenvalue weighted by molar-refractivity contribution is -0.110. The second-order valence-corrected chi connectivity index (χ2v) is 7.90. The van der Waals surface area contributed by atoms with Crippen LogP contribution in [0.3, 0.4) is 0 Å². The van der Waals surface area contributed by atoms with E-state index in [1.807, 2.05) is 0 Å². The van der Waals surface area contributed by atoms with E-state index in [4.69, 9.17) is 29.0 Å². The third-order valence-electron chi connectivity index (χ3n) is 3.59. The molecule has 1 amide bonds. The zero-order chi connectivity index (χ0) is 17.5. The van der Waals surface area contributed by atoms with E-state index in [-0.39, 0.29) is 26.4 Å². The maximum Gasteiger partial charge on any atom is 0.276 e. The number of nitrogens with zero attached hydrogens (tertiary/aromatic N) is 1. The minimum Gasteiger partial charge on any atom is -0.322 e. The van der Waals surface area contributed by atoms with E-state index in [9.17, 15) is 13.2 Å². The zero-order valence-corrected chi connectivity index (χ0v) is 14.4. The lowest BCUT2D eigenvalue weighted by atomic mass is 10.1. The predicted octanol–water partition coefficient (Wildman–Crippen LogP) is 2.58. The average Bonchev–Trinajstić information content (AvgIpc) is 2.85. The fourth-order valence-corrected chi connectivity index (χ4v) is 4.52. The highest BCUT2D eigenvalue weighted by molar-refractivity contribution is 7.90. The van der Waals surface area contributed by atoms with E-state index < -0.39 is 15.7 Å². The molecule has 3 N–H and O–H groups in total. The van der Waals surface area contributed by atoms with E-state index in [1.54, 1.807) is 18.2 Å². The first kappa shape index (κ1) is 16.8. The summed E-state index contributed by atoms with van der Waals surface area (Å²) < 4.78 is 25.4. The van der Waals surface area contributed by atoms with Gasteiger partial charge in [0.05, 0.1) is 16.3 Å². The molecule has 0 atom stereocenters. The lowest BCUT2D eigenvalue weighted by Crippen LogP contribution is -2.16. The summed E-state index contributed by atoms with van der Waals surface area (Å²) in [5, 5.41) is 6.51. The Morgan fingerprint density at radius 1 is 1.12 bits per heavy atom. The zero-order valence-electron chi connectivity index (χ0n) is 12.1. The van der Waals surface area contributed by atoms with Gasteiger partial charge in [-0.2, -0.15) is 5.10 Å². The molecule has 1 aliphatic rings. The monoisotopic (exact) mass is 383 g/mol. The molecule has 0 spiro atoms. The molecule has 0 unspecified atom stereocenters. The van der Waals surface area contributed by atoms with E-state index in [0.717, 1.165) is 0 Å². The van der Waals surface area contributed by atoms with Gasteiger partial charge in [-0.3, -0.25) is 4.79 Å². The number of anilines is 1. The molecule has 2 aromatic carbocycles.